The molecule has 0 bridgehead atoms. The van der Waals surface area contributed by atoms with Gasteiger partial charge in [0.2, 0.25) is 0 Å². The predicted octanol–water partition coefficient (Wildman–Crippen LogP) is 2.83. The van der Waals surface area contributed by atoms with Crippen LogP contribution in [-0.2, 0) is 14.3 Å². The first-order valence-corrected chi connectivity index (χ1v) is 7.76. The summed E-state index contributed by atoms with van der Waals surface area (Å²) in [5.74, 6) is 1.12. The second-order valence-electron chi connectivity index (χ2n) is 7.32. The molecule has 3 nitrogen and oxygen atoms in total. The summed E-state index contributed by atoms with van der Waals surface area (Å²) in [5, 5.41) is 0. The Morgan fingerprint density at radius 3 is 2.81 bits per heavy atom. The van der Waals surface area contributed by atoms with Crippen LogP contribution in [0.1, 0.15) is 26.7 Å². The van der Waals surface area contributed by atoms with Crippen LogP contribution in [0.15, 0.2) is 36.0 Å². The third kappa shape index (κ3) is 1.55. The number of esters is 1. The summed E-state index contributed by atoms with van der Waals surface area (Å²) < 4.78 is 5.38. The fraction of sp³-hybridized carbons (Fsp3) is 0.556. The number of hydrogen-bond acceptors (Lipinski definition) is 3. The van der Waals surface area contributed by atoms with Gasteiger partial charge >= 0.3 is 5.97 Å². The minimum atomic E-state index is -0.322. The van der Waals surface area contributed by atoms with E-state index in [0.717, 1.165) is 18.4 Å². The Kier molecular flexibility index (Phi) is 2.46. The molecule has 0 radical (unpaired) electrons. The standard InChI is InChI=1S/C18H20O3/c1-17-7-5-12(19)9-11(17)3-4-13-14(17)6-8-18(2)15(13)10-21-16(18)20/h3-5,7,9,13-15H,6,8,10H2,1-2H3/t13-,14+,15+,17+,18+/m1/s1. The van der Waals surface area contributed by atoms with E-state index in [0.29, 0.717) is 18.4 Å². The summed E-state index contributed by atoms with van der Waals surface area (Å²) in [5.41, 5.74) is 0.711. The molecule has 21 heavy (non-hydrogen) atoms. The number of cyclic esters (lactones) is 1. The van der Waals surface area contributed by atoms with Crippen LogP contribution in [0.4, 0.5) is 0 Å². The smallest absolute Gasteiger partial charge is 0.312 e. The van der Waals surface area contributed by atoms with Gasteiger partial charge in [-0.1, -0.05) is 25.2 Å². The summed E-state index contributed by atoms with van der Waals surface area (Å²) in [6.45, 7) is 4.83. The van der Waals surface area contributed by atoms with Gasteiger partial charge in [-0.3, -0.25) is 9.59 Å². The fourth-order valence-corrected chi connectivity index (χ4v) is 4.87. The highest BCUT2D eigenvalue weighted by molar-refractivity contribution is 6.01. The molecule has 5 atom stereocenters. The molecule has 110 valence electrons. The number of ketones is 1. The van der Waals surface area contributed by atoms with Crippen LogP contribution in [0.5, 0.6) is 0 Å². The van der Waals surface area contributed by atoms with Crippen LogP contribution in [0.25, 0.3) is 0 Å². The Morgan fingerprint density at radius 2 is 2.00 bits per heavy atom. The maximum absolute atomic E-state index is 12.1. The average Bonchev–Trinajstić information content (AvgIpc) is 2.76. The zero-order valence-corrected chi connectivity index (χ0v) is 12.5. The van der Waals surface area contributed by atoms with Gasteiger partial charge in [0.1, 0.15) is 0 Å². The van der Waals surface area contributed by atoms with Crippen LogP contribution in [0.3, 0.4) is 0 Å². The Labute approximate surface area is 124 Å². The van der Waals surface area contributed by atoms with E-state index < -0.39 is 0 Å². The van der Waals surface area contributed by atoms with Crippen molar-refractivity contribution in [1.29, 1.82) is 0 Å². The van der Waals surface area contributed by atoms with Gasteiger partial charge in [0.15, 0.2) is 5.78 Å². The molecular formula is C18H20O3. The summed E-state index contributed by atoms with van der Waals surface area (Å²) in [4.78, 5) is 23.7. The van der Waals surface area contributed by atoms with Crippen molar-refractivity contribution < 1.29 is 14.3 Å². The molecule has 0 N–H and O–H groups in total. The van der Waals surface area contributed by atoms with E-state index in [1.54, 1.807) is 12.2 Å². The Balaban J connectivity index is 1.78. The topological polar surface area (TPSA) is 43.4 Å². The van der Waals surface area contributed by atoms with Crippen molar-refractivity contribution in [3.8, 4) is 0 Å². The van der Waals surface area contributed by atoms with Gasteiger partial charge in [-0.25, -0.2) is 0 Å². The van der Waals surface area contributed by atoms with Gasteiger partial charge in [0.25, 0.3) is 0 Å². The molecular weight excluding hydrogens is 264 g/mol. The molecule has 3 aliphatic carbocycles. The minimum Gasteiger partial charge on any atom is -0.465 e. The van der Waals surface area contributed by atoms with Gasteiger partial charge in [-0.05, 0) is 49.3 Å². The Hall–Kier alpha value is -1.64. The lowest BCUT2D eigenvalue weighted by molar-refractivity contribution is -0.147. The first-order valence-electron chi connectivity index (χ1n) is 7.76. The Morgan fingerprint density at radius 1 is 1.19 bits per heavy atom. The second kappa shape index (κ2) is 3.96. The molecule has 0 aromatic heterocycles. The summed E-state index contributed by atoms with van der Waals surface area (Å²) in [7, 11) is 0. The largest absolute Gasteiger partial charge is 0.465 e. The molecule has 3 heteroatoms. The number of carbonyl (C=O) groups excluding carboxylic acids is 2. The first-order chi connectivity index (χ1) is 9.95. The van der Waals surface area contributed by atoms with Crippen LogP contribution >= 0.6 is 0 Å². The zero-order chi connectivity index (χ0) is 14.8. The highest BCUT2D eigenvalue weighted by Crippen LogP contribution is 2.60. The molecule has 0 unspecified atom stereocenters. The molecule has 1 saturated heterocycles. The molecule has 4 rings (SSSR count). The summed E-state index contributed by atoms with van der Waals surface area (Å²) >= 11 is 0. The van der Waals surface area contributed by atoms with E-state index in [-0.39, 0.29) is 28.5 Å². The van der Waals surface area contributed by atoms with Crippen LogP contribution in [-0.4, -0.2) is 18.4 Å². The van der Waals surface area contributed by atoms with E-state index in [1.165, 1.54) is 0 Å². The Bertz CT molecular complexity index is 626. The lowest BCUT2D eigenvalue weighted by Gasteiger charge is -2.51. The van der Waals surface area contributed by atoms with E-state index in [1.807, 2.05) is 0 Å². The highest BCUT2D eigenvalue weighted by atomic mass is 16.5. The molecule has 0 spiro atoms. The van der Waals surface area contributed by atoms with Crippen molar-refractivity contribution in [3.63, 3.8) is 0 Å². The van der Waals surface area contributed by atoms with Gasteiger partial charge in [-0.15, -0.1) is 0 Å². The van der Waals surface area contributed by atoms with Crippen LogP contribution < -0.4 is 0 Å². The van der Waals surface area contributed by atoms with E-state index in [4.69, 9.17) is 4.74 Å². The van der Waals surface area contributed by atoms with E-state index in [2.05, 4.69) is 32.1 Å². The fourth-order valence-electron chi connectivity index (χ4n) is 4.87. The van der Waals surface area contributed by atoms with E-state index in [9.17, 15) is 9.59 Å². The van der Waals surface area contributed by atoms with Crippen molar-refractivity contribution >= 4 is 11.8 Å². The molecule has 2 fully saturated rings. The lowest BCUT2D eigenvalue weighted by Crippen LogP contribution is -2.48. The molecule has 0 aromatic rings. The molecule has 1 aliphatic heterocycles. The number of fused-ring (bicyclic) bond motifs is 5. The van der Waals surface area contributed by atoms with Gasteiger partial charge < -0.3 is 4.74 Å². The van der Waals surface area contributed by atoms with Gasteiger partial charge in [-0.2, -0.15) is 0 Å². The number of allylic oxidation sites excluding steroid dienone is 6. The predicted molar refractivity (Wildman–Crippen MR) is 78.2 cm³/mol. The number of ether oxygens (including phenoxy) is 1. The van der Waals surface area contributed by atoms with Crippen molar-refractivity contribution in [2.45, 2.75) is 26.7 Å². The first kappa shape index (κ1) is 13.1. The molecule has 0 amide bonds. The van der Waals surface area contributed by atoms with Crippen LogP contribution in [0, 0.1) is 28.6 Å². The molecule has 1 heterocycles. The third-order valence-electron chi connectivity index (χ3n) is 6.36. The van der Waals surface area contributed by atoms with Crippen molar-refractivity contribution in [3.05, 3.63) is 36.0 Å². The molecule has 1 saturated carbocycles. The molecule has 0 aromatic carbocycles. The quantitative estimate of drug-likeness (QED) is 0.642. The number of hydrogen-bond donors (Lipinski definition) is 0. The third-order valence-corrected chi connectivity index (χ3v) is 6.36. The maximum Gasteiger partial charge on any atom is 0.312 e. The number of rotatable bonds is 0. The summed E-state index contributed by atoms with van der Waals surface area (Å²) in [6, 6.07) is 0. The van der Waals surface area contributed by atoms with Crippen molar-refractivity contribution in [2.75, 3.05) is 6.61 Å². The normalized spacial score (nSPS) is 47.3. The monoisotopic (exact) mass is 284 g/mol. The second-order valence-corrected chi connectivity index (χ2v) is 7.32. The summed E-state index contributed by atoms with van der Waals surface area (Å²) in [6.07, 6.45) is 11.7. The maximum atomic E-state index is 12.1. The molecule has 4 aliphatic rings. The number of carbonyl (C=O) groups is 2. The average molecular weight is 284 g/mol. The van der Waals surface area contributed by atoms with Gasteiger partial charge in [0.05, 0.1) is 12.0 Å². The van der Waals surface area contributed by atoms with E-state index >= 15 is 0 Å². The highest BCUT2D eigenvalue weighted by Gasteiger charge is 2.59. The van der Waals surface area contributed by atoms with Crippen molar-refractivity contribution in [2.24, 2.45) is 28.6 Å². The zero-order valence-electron chi connectivity index (χ0n) is 12.5. The van der Waals surface area contributed by atoms with Crippen LogP contribution in [0.2, 0.25) is 0 Å². The van der Waals surface area contributed by atoms with Gasteiger partial charge in [0, 0.05) is 11.3 Å². The van der Waals surface area contributed by atoms with Crippen molar-refractivity contribution in [1.82, 2.24) is 0 Å². The lowest BCUT2D eigenvalue weighted by atomic mass is 9.50. The SMILES string of the molecule is C[C@]12C=CC(=O)C=C1C=C[C@@H]1[C@@H]2CC[C@]2(C)C(=O)OC[C@@H]12. The minimum absolute atomic E-state index is 0.0276.